The highest BCUT2D eigenvalue weighted by Crippen LogP contribution is 2.13. The molecule has 4 nitrogen and oxygen atoms in total. The lowest BCUT2D eigenvalue weighted by atomic mass is 10.1. The summed E-state index contributed by atoms with van der Waals surface area (Å²) in [7, 11) is 0. The van der Waals surface area contributed by atoms with Gasteiger partial charge in [0, 0.05) is 32.6 Å². The number of rotatable bonds is 9. The number of hydrogen-bond donors (Lipinski definition) is 0. The van der Waals surface area contributed by atoms with Gasteiger partial charge in [-0.1, -0.05) is 46.0 Å². The quantitative estimate of drug-likeness (QED) is 0.613. The summed E-state index contributed by atoms with van der Waals surface area (Å²) in [5.74, 6) is 0.301. The third-order valence-corrected chi connectivity index (χ3v) is 4.31. The molecular formula is C17H31N3O. The molecule has 1 rings (SSSR count). The lowest BCUT2D eigenvalue weighted by molar-refractivity contribution is -0.133. The average Bonchev–Trinajstić information content (AvgIpc) is 2.52. The molecule has 0 aromatic heterocycles. The smallest absolute Gasteiger partial charge is 0.222 e. The van der Waals surface area contributed by atoms with E-state index in [4.69, 9.17) is 0 Å². The summed E-state index contributed by atoms with van der Waals surface area (Å²) in [5, 5.41) is 9.20. The highest BCUT2D eigenvalue weighted by Gasteiger charge is 2.25. The predicted octanol–water partition coefficient (Wildman–Crippen LogP) is 3.18. The fraction of sp³-hybridized carbons (Fsp3) is 0.882. The van der Waals surface area contributed by atoms with Crippen LogP contribution >= 0.6 is 0 Å². The average molecular weight is 293 g/mol. The van der Waals surface area contributed by atoms with E-state index in [0.717, 1.165) is 45.4 Å². The van der Waals surface area contributed by atoms with Crippen LogP contribution in [-0.4, -0.2) is 47.9 Å². The number of amides is 1. The highest BCUT2D eigenvalue weighted by atomic mass is 16.2. The van der Waals surface area contributed by atoms with Crippen LogP contribution in [0.4, 0.5) is 0 Å². The van der Waals surface area contributed by atoms with Gasteiger partial charge >= 0.3 is 0 Å². The van der Waals surface area contributed by atoms with Crippen LogP contribution in [0.25, 0.3) is 0 Å². The zero-order valence-electron chi connectivity index (χ0n) is 13.8. The summed E-state index contributed by atoms with van der Waals surface area (Å²) in [6.45, 7) is 7.59. The molecule has 4 heteroatoms. The molecule has 0 aromatic rings. The molecule has 1 atom stereocenters. The van der Waals surface area contributed by atoms with Crippen molar-refractivity contribution in [1.29, 1.82) is 5.26 Å². The van der Waals surface area contributed by atoms with Crippen molar-refractivity contribution in [2.45, 2.75) is 71.3 Å². The van der Waals surface area contributed by atoms with Crippen molar-refractivity contribution in [2.75, 3.05) is 26.2 Å². The summed E-state index contributed by atoms with van der Waals surface area (Å²) in [6.07, 6.45) is 8.63. The molecule has 1 aliphatic rings. The van der Waals surface area contributed by atoms with Crippen LogP contribution in [0.15, 0.2) is 0 Å². The lowest BCUT2D eigenvalue weighted by Crippen LogP contribution is -2.51. The highest BCUT2D eigenvalue weighted by molar-refractivity contribution is 5.76. The van der Waals surface area contributed by atoms with E-state index in [1.807, 2.05) is 4.90 Å². The molecule has 120 valence electrons. The van der Waals surface area contributed by atoms with E-state index in [2.05, 4.69) is 24.8 Å². The number of nitriles is 1. The third kappa shape index (κ3) is 6.48. The maximum Gasteiger partial charge on any atom is 0.222 e. The first-order chi connectivity index (χ1) is 10.2. The first-order valence-corrected chi connectivity index (χ1v) is 8.64. The minimum absolute atomic E-state index is 0.0290. The van der Waals surface area contributed by atoms with E-state index in [0.29, 0.717) is 12.3 Å². The largest absolute Gasteiger partial charge is 0.340 e. The second kappa shape index (κ2) is 10.6. The van der Waals surface area contributed by atoms with Gasteiger partial charge in [-0.3, -0.25) is 9.69 Å². The zero-order valence-corrected chi connectivity index (χ0v) is 13.8. The molecule has 1 amide bonds. The zero-order chi connectivity index (χ0) is 15.5. The van der Waals surface area contributed by atoms with E-state index >= 15 is 0 Å². The number of piperazine rings is 1. The second-order valence-electron chi connectivity index (χ2n) is 6.01. The molecule has 0 aliphatic carbocycles. The molecule has 0 spiro atoms. The van der Waals surface area contributed by atoms with Gasteiger partial charge < -0.3 is 4.90 Å². The topological polar surface area (TPSA) is 47.3 Å². The Hall–Kier alpha value is -1.08. The first kappa shape index (κ1) is 18.0. The van der Waals surface area contributed by atoms with E-state index in [1.54, 1.807) is 0 Å². The third-order valence-electron chi connectivity index (χ3n) is 4.31. The Morgan fingerprint density at radius 3 is 2.29 bits per heavy atom. The monoisotopic (exact) mass is 293 g/mol. The van der Waals surface area contributed by atoms with Crippen LogP contribution in [0.2, 0.25) is 0 Å². The van der Waals surface area contributed by atoms with Crippen molar-refractivity contribution < 1.29 is 4.79 Å². The van der Waals surface area contributed by atoms with E-state index in [-0.39, 0.29) is 6.04 Å². The number of unbranched alkanes of at least 4 members (excludes halogenated alkanes) is 4. The van der Waals surface area contributed by atoms with Gasteiger partial charge in [-0.25, -0.2) is 0 Å². The Bertz CT molecular complexity index is 329. The Kier molecular flexibility index (Phi) is 9.09. The van der Waals surface area contributed by atoms with Crippen molar-refractivity contribution in [3.63, 3.8) is 0 Å². The maximum absolute atomic E-state index is 12.1. The van der Waals surface area contributed by atoms with Crippen LogP contribution in [0.3, 0.4) is 0 Å². The Balaban J connectivity index is 2.22. The van der Waals surface area contributed by atoms with Gasteiger partial charge in [0.25, 0.3) is 0 Å². The maximum atomic E-state index is 12.1. The van der Waals surface area contributed by atoms with Crippen molar-refractivity contribution in [3.8, 4) is 6.07 Å². The molecule has 1 unspecified atom stereocenters. The van der Waals surface area contributed by atoms with Crippen LogP contribution in [0.5, 0.6) is 0 Å². The molecule has 0 saturated carbocycles. The number of nitrogens with zero attached hydrogens (tertiary/aromatic N) is 3. The van der Waals surface area contributed by atoms with Crippen LogP contribution in [0.1, 0.15) is 65.2 Å². The van der Waals surface area contributed by atoms with Crippen molar-refractivity contribution >= 4 is 5.91 Å². The molecule has 21 heavy (non-hydrogen) atoms. The van der Waals surface area contributed by atoms with Gasteiger partial charge in [-0.15, -0.1) is 0 Å². The molecule has 1 heterocycles. The molecular weight excluding hydrogens is 262 g/mol. The summed E-state index contributed by atoms with van der Waals surface area (Å²) in [4.78, 5) is 16.4. The summed E-state index contributed by atoms with van der Waals surface area (Å²) < 4.78 is 0. The lowest BCUT2D eigenvalue weighted by Gasteiger charge is -2.37. The van der Waals surface area contributed by atoms with E-state index in [9.17, 15) is 10.1 Å². The van der Waals surface area contributed by atoms with Crippen molar-refractivity contribution in [2.24, 2.45) is 0 Å². The number of hydrogen-bond acceptors (Lipinski definition) is 3. The summed E-state index contributed by atoms with van der Waals surface area (Å²) >= 11 is 0. The molecule has 1 fully saturated rings. The van der Waals surface area contributed by atoms with Gasteiger partial charge in [0.2, 0.25) is 5.91 Å². The minimum Gasteiger partial charge on any atom is -0.340 e. The predicted molar refractivity (Wildman–Crippen MR) is 85.8 cm³/mol. The van der Waals surface area contributed by atoms with Crippen LogP contribution < -0.4 is 0 Å². The summed E-state index contributed by atoms with van der Waals surface area (Å²) in [6, 6.07) is 2.42. The van der Waals surface area contributed by atoms with Crippen LogP contribution in [-0.2, 0) is 4.79 Å². The van der Waals surface area contributed by atoms with Crippen molar-refractivity contribution in [1.82, 2.24) is 9.80 Å². The molecule has 0 aromatic carbocycles. The van der Waals surface area contributed by atoms with E-state index in [1.165, 1.54) is 25.7 Å². The van der Waals surface area contributed by atoms with Gasteiger partial charge in [0.05, 0.1) is 12.1 Å². The molecule has 0 bridgehead atoms. The minimum atomic E-state index is 0.0290. The Morgan fingerprint density at radius 2 is 1.71 bits per heavy atom. The molecule has 0 radical (unpaired) electrons. The van der Waals surface area contributed by atoms with Gasteiger partial charge in [-0.05, 0) is 12.8 Å². The molecule has 0 N–H and O–H groups in total. The number of carbonyl (C=O) groups is 1. The van der Waals surface area contributed by atoms with Gasteiger partial charge in [-0.2, -0.15) is 5.26 Å². The van der Waals surface area contributed by atoms with Crippen LogP contribution in [0, 0.1) is 11.3 Å². The van der Waals surface area contributed by atoms with Gasteiger partial charge in [0.1, 0.15) is 0 Å². The second-order valence-corrected chi connectivity index (χ2v) is 6.01. The first-order valence-electron chi connectivity index (χ1n) is 8.64. The SMILES string of the molecule is CCCCCCCC(=O)N1CCN(C(C#N)CCC)CC1. The number of carbonyl (C=O) groups excluding carboxylic acids is 1. The Labute approximate surface area is 130 Å². The fourth-order valence-electron chi connectivity index (χ4n) is 2.92. The Morgan fingerprint density at radius 1 is 1.05 bits per heavy atom. The summed E-state index contributed by atoms with van der Waals surface area (Å²) in [5.41, 5.74) is 0. The van der Waals surface area contributed by atoms with Gasteiger partial charge in [0.15, 0.2) is 0 Å². The molecule has 1 saturated heterocycles. The molecule has 1 aliphatic heterocycles. The fourth-order valence-corrected chi connectivity index (χ4v) is 2.92. The van der Waals surface area contributed by atoms with E-state index < -0.39 is 0 Å². The van der Waals surface area contributed by atoms with Crippen molar-refractivity contribution in [3.05, 3.63) is 0 Å². The standard InChI is InChI=1S/C17H31N3O/c1-3-5-6-7-8-10-17(21)20-13-11-19(12-14-20)16(15-18)9-4-2/h16H,3-14H2,1-2H3. The normalized spacial score (nSPS) is 17.5.